The molecule has 0 unspecified atom stereocenters. The van der Waals surface area contributed by atoms with Crippen LogP contribution in [0.1, 0.15) is 62.6 Å². The van der Waals surface area contributed by atoms with Gasteiger partial charge < -0.3 is 11.1 Å². The van der Waals surface area contributed by atoms with E-state index in [-0.39, 0.29) is 11.3 Å². The molecule has 0 aromatic carbocycles. The summed E-state index contributed by atoms with van der Waals surface area (Å²) in [6, 6.07) is 0. The fraction of sp³-hybridized carbons (Fsp3) is 0.714. The van der Waals surface area contributed by atoms with Crippen LogP contribution in [0.3, 0.4) is 0 Å². The number of hydrogen-bond donors (Lipinski definition) is 3. The van der Waals surface area contributed by atoms with Gasteiger partial charge in [-0.25, -0.2) is 0 Å². The maximum absolute atomic E-state index is 12.1. The number of anilines is 1. The van der Waals surface area contributed by atoms with Crippen molar-refractivity contribution in [3.05, 3.63) is 11.4 Å². The van der Waals surface area contributed by atoms with E-state index in [0.717, 1.165) is 18.5 Å². The van der Waals surface area contributed by atoms with Crippen molar-refractivity contribution in [3.8, 4) is 0 Å². The largest absolute Gasteiger partial charge is 0.395 e. The summed E-state index contributed by atoms with van der Waals surface area (Å²) in [6.45, 7) is 9.21. The number of carbonyl (C=O) groups is 1. The Balaban J connectivity index is 2.00. The zero-order valence-electron chi connectivity index (χ0n) is 12.2. The summed E-state index contributed by atoms with van der Waals surface area (Å²) in [7, 11) is 0. The highest BCUT2D eigenvalue weighted by atomic mass is 16.1. The fourth-order valence-electron chi connectivity index (χ4n) is 1.82. The van der Waals surface area contributed by atoms with Crippen LogP contribution in [0.25, 0.3) is 0 Å². The molecule has 19 heavy (non-hydrogen) atoms. The zero-order valence-corrected chi connectivity index (χ0v) is 12.2. The van der Waals surface area contributed by atoms with Gasteiger partial charge in [-0.15, -0.1) is 0 Å². The van der Waals surface area contributed by atoms with Crippen LogP contribution in [0.4, 0.5) is 5.69 Å². The van der Waals surface area contributed by atoms with Crippen LogP contribution in [-0.4, -0.2) is 22.6 Å². The second-order valence-electron chi connectivity index (χ2n) is 6.50. The summed E-state index contributed by atoms with van der Waals surface area (Å²) < 4.78 is 0. The van der Waals surface area contributed by atoms with Crippen molar-refractivity contribution >= 4 is 11.6 Å². The van der Waals surface area contributed by atoms with Gasteiger partial charge in [-0.05, 0) is 24.2 Å². The van der Waals surface area contributed by atoms with E-state index in [0.29, 0.717) is 29.8 Å². The van der Waals surface area contributed by atoms with Crippen LogP contribution in [0.15, 0.2) is 0 Å². The Hall–Kier alpha value is -1.52. The highest BCUT2D eigenvalue weighted by Gasteiger charge is 2.31. The number of rotatable bonds is 5. The predicted octanol–water partition coefficient (Wildman–Crippen LogP) is 2.28. The molecule has 4 N–H and O–H groups in total. The van der Waals surface area contributed by atoms with Crippen LogP contribution >= 0.6 is 0 Å². The molecule has 2 rings (SSSR count). The first-order valence-corrected chi connectivity index (χ1v) is 6.95. The Morgan fingerprint density at radius 1 is 1.53 bits per heavy atom. The molecular weight excluding hydrogens is 240 g/mol. The molecule has 0 radical (unpaired) electrons. The molecule has 1 saturated carbocycles. The van der Waals surface area contributed by atoms with Gasteiger partial charge in [0.25, 0.3) is 5.91 Å². The summed E-state index contributed by atoms with van der Waals surface area (Å²) >= 11 is 0. The third-order valence-corrected chi connectivity index (χ3v) is 4.30. The average Bonchev–Trinajstić information content (AvgIpc) is 3.10. The monoisotopic (exact) mass is 264 g/mol. The molecule has 0 atom stereocenters. The van der Waals surface area contributed by atoms with Crippen molar-refractivity contribution in [3.63, 3.8) is 0 Å². The van der Waals surface area contributed by atoms with Crippen molar-refractivity contribution in [1.29, 1.82) is 0 Å². The summed E-state index contributed by atoms with van der Waals surface area (Å²) in [5.74, 6) is 0.780. The van der Waals surface area contributed by atoms with E-state index in [9.17, 15) is 4.79 Å². The molecule has 1 aliphatic rings. The van der Waals surface area contributed by atoms with Gasteiger partial charge in [0.1, 0.15) is 0 Å². The number of hydrogen-bond acceptors (Lipinski definition) is 3. The molecular formula is C14H24N4O. The van der Waals surface area contributed by atoms with E-state index < -0.39 is 0 Å². The van der Waals surface area contributed by atoms with Gasteiger partial charge in [-0.1, -0.05) is 27.7 Å². The second-order valence-corrected chi connectivity index (χ2v) is 6.50. The number of nitrogens with zero attached hydrogens (tertiary/aromatic N) is 1. The Bertz CT molecular complexity index is 472. The molecule has 1 fully saturated rings. The summed E-state index contributed by atoms with van der Waals surface area (Å²) in [6.07, 6.45) is 2.27. The third-order valence-electron chi connectivity index (χ3n) is 4.30. The van der Waals surface area contributed by atoms with Gasteiger partial charge in [0.15, 0.2) is 5.69 Å². The van der Waals surface area contributed by atoms with Crippen LogP contribution in [-0.2, 0) is 0 Å². The molecule has 106 valence electrons. The number of aromatic nitrogens is 2. The molecule has 0 bridgehead atoms. The number of nitrogen functional groups attached to an aromatic ring is 1. The van der Waals surface area contributed by atoms with Gasteiger partial charge >= 0.3 is 0 Å². The first-order chi connectivity index (χ1) is 8.83. The van der Waals surface area contributed by atoms with Crippen molar-refractivity contribution in [2.45, 2.75) is 46.5 Å². The Morgan fingerprint density at radius 2 is 2.16 bits per heavy atom. The Kier molecular flexibility index (Phi) is 3.56. The summed E-state index contributed by atoms with van der Waals surface area (Å²) in [5.41, 5.74) is 7.82. The number of H-pyrrole nitrogens is 1. The molecule has 1 aliphatic carbocycles. The Morgan fingerprint density at radius 3 is 2.68 bits per heavy atom. The minimum Gasteiger partial charge on any atom is -0.395 e. The first kappa shape index (κ1) is 13.9. The molecule has 1 aromatic rings. The lowest BCUT2D eigenvalue weighted by atomic mass is 9.81. The molecule has 0 aliphatic heterocycles. The number of aromatic amines is 1. The smallest absolute Gasteiger partial charge is 0.273 e. The topological polar surface area (TPSA) is 83.8 Å². The predicted molar refractivity (Wildman–Crippen MR) is 75.9 cm³/mol. The van der Waals surface area contributed by atoms with E-state index in [1.807, 2.05) is 0 Å². The molecule has 5 heteroatoms. The lowest BCUT2D eigenvalue weighted by Gasteiger charge is -2.29. The zero-order chi connectivity index (χ0) is 14.2. The molecule has 0 saturated heterocycles. The summed E-state index contributed by atoms with van der Waals surface area (Å²) in [5, 5.41) is 9.89. The van der Waals surface area contributed by atoms with Gasteiger partial charge in [0.05, 0.1) is 11.4 Å². The van der Waals surface area contributed by atoms with Crippen molar-refractivity contribution in [2.75, 3.05) is 12.3 Å². The molecule has 5 nitrogen and oxygen atoms in total. The lowest BCUT2D eigenvalue weighted by molar-refractivity contribution is 0.0920. The number of nitrogens with two attached hydrogens (primary N) is 1. The van der Waals surface area contributed by atoms with Crippen LogP contribution < -0.4 is 11.1 Å². The van der Waals surface area contributed by atoms with Crippen LogP contribution in [0, 0.1) is 11.3 Å². The second kappa shape index (κ2) is 4.87. The average molecular weight is 264 g/mol. The molecule has 1 amide bonds. The normalized spacial score (nSPS) is 15.8. The highest BCUT2D eigenvalue weighted by Crippen LogP contribution is 2.42. The van der Waals surface area contributed by atoms with E-state index >= 15 is 0 Å². The highest BCUT2D eigenvalue weighted by molar-refractivity contribution is 5.97. The first-order valence-electron chi connectivity index (χ1n) is 6.95. The number of carbonyl (C=O) groups excluding carboxylic acids is 1. The maximum Gasteiger partial charge on any atom is 0.273 e. The van der Waals surface area contributed by atoms with Gasteiger partial charge in [0.2, 0.25) is 0 Å². The van der Waals surface area contributed by atoms with Gasteiger partial charge in [0, 0.05) is 12.5 Å². The van der Waals surface area contributed by atoms with Gasteiger partial charge in [-0.3, -0.25) is 9.89 Å². The van der Waals surface area contributed by atoms with Crippen molar-refractivity contribution in [2.24, 2.45) is 11.3 Å². The van der Waals surface area contributed by atoms with Crippen molar-refractivity contribution in [1.82, 2.24) is 15.5 Å². The SMILES string of the molecule is CC(C)C(C)(C)CNC(=O)c1n[nH]c(C2CC2)c1N. The Labute approximate surface area is 114 Å². The van der Waals surface area contributed by atoms with Crippen LogP contribution in [0.5, 0.6) is 0 Å². The van der Waals surface area contributed by atoms with Crippen molar-refractivity contribution < 1.29 is 4.79 Å². The minimum atomic E-state index is -0.186. The van der Waals surface area contributed by atoms with E-state index in [4.69, 9.17) is 5.73 Å². The number of nitrogens with one attached hydrogen (secondary N) is 2. The van der Waals surface area contributed by atoms with E-state index in [1.165, 1.54) is 0 Å². The fourth-order valence-corrected chi connectivity index (χ4v) is 1.82. The molecule has 0 spiro atoms. The summed E-state index contributed by atoms with van der Waals surface area (Å²) in [4.78, 5) is 12.1. The van der Waals surface area contributed by atoms with E-state index in [2.05, 4.69) is 43.2 Å². The number of amides is 1. The van der Waals surface area contributed by atoms with E-state index in [1.54, 1.807) is 0 Å². The third kappa shape index (κ3) is 2.91. The lowest BCUT2D eigenvalue weighted by Crippen LogP contribution is -2.37. The molecule has 1 aromatic heterocycles. The van der Waals surface area contributed by atoms with Gasteiger partial charge in [-0.2, -0.15) is 5.10 Å². The quantitative estimate of drug-likeness (QED) is 0.763. The maximum atomic E-state index is 12.1. The minimum absolute atomic E-state index is 0.0556. The molecule has 1 heterocycles. The standard InChI is InChI=1S/C14H24N4O/c1-8(2)14(3,4)7-16-13(19)12-10(15)11(17-18-12)9-5-6-9/h8-9H,5-7,15H2,1-4H3,(H,16,19)(H,17,18). The van der Waals surface area contributed by atoms with Crippen LogP contribution in [0.2, 0.25) is 0 Å².